The van der Waals surface area contributed by atoms with E-state index in [-0.39, 0.29) is 17.5 Å². The number of amides is 1. The topological polar surface area (TPSA) is 92.2 Å². The molecule has 0 radical (unpaired) electrons. The quantitative estimate of drug-likeness (QED) is 0.733. The summed E-state index contributed by atoms with van der Waals surface area (Å²) in [7, 11) is 0. The number of nitrogens with one attached hydrogen (secondary N) is 1. The minimum absolute atomic E-state index is 0.0109. The smallest absolute Gasteiger partial charge is 0.354 e. The maximum Gasteiger partial charge on any atom is 0.354 e. The van der Waals surface area contributed by atoms with Gasteiger partial charge in [0.05, 0.1) is 0 Å². The molecule has 6 nitrogen and oxygen atoms in total. The van der Waals surface area contributed by atoms with Crippen LogP contribution in [0.15, 0.2) is 12.3 Å². The number of carbonyl (C=O) groups excluding carboxylic acids is 1. The van der Waals surface area contributed by atoms with Gasteiger partial charge in [0.15, 0.2) is 5.69 Å². The van der Waals surface area contributed by atoms with Gasteiger partial charge in [0.2, 0.25) is 11.9 Å². The molecule has 0 bridgehead atoms. The van der Waals surface area contributed by atoms with E-state index in [9.17, 15) is 9.59 Å². The Bertz CT molecular complexity index is 365. The molecule has 6 heteroatoms. The highest BCUT2D eigenvalue weighted by Crippen LogP contribution is 2.00. The van der Waals surface area contributed by atoms with Gasteiger partial charge in [0.1, 0.15) is 0 Å². The summed E-state index contributed by atoms with van der Waals surface area (Å²) in [4.78, 5) is 28.8. The predicted molar refractivity (Wildman–Crippen MR) is 47.9 cm³/mol. The first kappa shape index (κ1) is 10.1. The zero-order chi connectivity index (χ0) is 10.6. The number of rotatable bonds is 3. The number of hydrogen-bond acceptors (Lipinski definition) is 4. The third kappa shape index (κ3) is 2.51. The van der Waals surface area contributed by atoms with E-state index in [1.54, 1.807) is 6.92 Å². The minimum Gasteiger partial charge on any atom is -0.477 e. The number of carboxylic acids is 1. The van der Waals surface area contributed by atoms with Crippen LogP contribution >= 0.6 is 0 Å². The van der Waals surface area contributed by atoms with Crippen LogP contribution in [0, 0.1) is 0 Å². The van der Waals surface area contributed by atoms with Crippen LogP contribution in [0.3, 0.4) is 0 Å². The Morgan fingerprint density at radius 2 is 2.29 bits per heavy atom. The van der Waals surface area contributed by atoms with E-state index in [4.69, 9.17) is 5.11 Å². The van der Waals surface area contributed by atoms with Crippen molar-refractivity contribution in [1.82, 2.24) is 9.97 Å². The Labute approximate surface area is 80.0 Å². The molecular formula is C8H9N3O3. The molecule has 0 atom stereocenters. The Morgan fingerprint density at radius 1 is 1.57 bits per heavy atom. The number of carboxylic acid groups (broad SMARTS) is 1. The number of aromatic carboxylic acids is 1. The Morgan fingerprint density at radius 3 is 2.86 bits per heavy atom. The van der Waals surface area contributed by atoms with Crippen LogP contribution in [0.25, 0.3) is 0 Å². The predicted octanol–water partition coefficient (Wildman–Crippen LogP) is 0.523. The third-order valence-corrected chi connectivity index (χ3v) is 1.45. The first-order chi connectivity index (χ1) is 6.63. The van der Waals surface area contributed by atoms with E-state index in [0.29, 0.717) is 6.42 Å². The van der Waals surface area contributed by atoms with E-state index in [0.717, 1.165) is 0 Å². The first-order valence-electron chi connectivity index (χ1n) is 3.99. The maximum absolute atomic E-state index is 10.9. The van der Waals surface area contributed by atoms with Gasteiger partial charge >= 0.3 is 5.97 Å². The van der Waals surface area contributed by atoms with Crippen LogP contribution in [0.1, 0.15) is 23.8 Å². The molecule has 1 amide bonds. The summed E-state index contributed by atoms with van der Waals surface area (Å²) < 4.78 is 0. The van der Waals surface area contributed by atoms with Crippen LogP contribution in [0.5, 0.6) is 0 Å². The number of nitrogens with zero attached hydrogens (tertiary/aromatic N) is 2. The number of aromatic nitrogens is 2. The largest absolute Gasteiger partial charge is 0.477 e. The van der Waals surface area contributed by atoms with Crippen LogP contribution in [-0.2, 0) is 4.79 Å². The molecule has 14 heavy (non-hydrogen) atoms. The number of hydrogen-bond donors (Lipinski definition) is 2. The van der Waals surface area contributed by atoms with E-state index in [1.807, 2.05) is 0 Å². The highest BCUT2D eigenvalue weighted by atomic mass is 16.4. The van der Waals surface area contributed by atoms with Gasteiger partial charge < -0.3 is 5.11 Å². The third-order valence-electron chi connectivity index (χ3n) is 1.45. The molecule has 0 fully saturated rings. The van der Waals surface area contributed by atoms with Crippen LogP contribution in [0.4, 0.5) is 5.95 Å². The summed E-state index contributed by atoms with van der Waals surface area (Å²) in [5, 5.41) is 11.0. The maximum atomic E-state index is 10.9. The number of anilines is 1. The molecular weight excluding hydrogens is 186 g/mol. The van der Waals surface area contributed by atoms with Gasteiger partial charge in [-0.2, -0.15) is 0 Å². The van der Waals surface area contributed by atoms with E-state index in [2.05, 4.69) is 15.3 Å². The summed E-state index contributed by atoms with van der Waals surface area (Å²) in [6.45, 7) is 1.68. The fraction of sp³-hybridized carbons (Fsp3) is 0.250. The summed E-state index contributed by atoms with van der Waals surface area (Å²) in [6, 6.07) is 1.25. The van der Waals surface area contributed by atoms with Crippen molar-refractivity contribution in [1.29, 1.82) is 0 Å². The summed E-state index contributed by atoms with van der Waals surface area (Å²) >= 11 is 0. The molecule has 1 rings (SSSR count). The lowest BCUT2D eigenvalue weighted by Gasteiger charge is -2.01. The zero-order valence-corrected chi connectivity index (χ0v) is 7.52. The van der Waals surface area contributed by atoms with Crippen molar-refractivity contribution >= 4 is 17.8 Å². The molecule has 1 aromatic heterocycles. The van der Waals surface area contributed by atoms with E-state index >= 15 is 0 Å². The lowest BCUT2D eigenvalue weighted by atomic mass is 10.4. The molecule has 74 valence electrons. The summed E-state index contributed by atoms with van der Waals surface area (Å²) in [5.41, 5.74) is -0.147. The molecule has 1 heterocycles. The second kappa shape index (κ2) is 4.31. The van der Waals surface area contributed by atoms with Crippen molar-refractivity contribution in [2.75, 3.05) is 5.32 Å². The Balaban J connectivity index is 2.83. The molecule has 0 spiro atoms. The van der Waals surface area contributed by atoms with E-state index in [1.165, 1.54) is 12.3 Å². The SMILES string of the molecule is CCC(=O)Nc1nccc(C(=O)O)n1. The molecule has 1 aromatic rings. The van der Waals surface area contributed by atoms with E-state index < -0.39 is 5.97 Å². The highest BCUT2D eigenvalue weighted by molar-refractivity contribution is 5.90. The molecule has 2 N–H and O–H groups in total. The number of carbonyl (C=O) groups is 2. The molecule has 0 aromatic carbocycles. The van der Waals surface area contributed by atoms with Gasteiger partial charge in [-0.25, -0.2) is 14.8 Å². The van der Waals surface area contributed by atoms with Crippen molar-refractivity contribution in [2.45, 2.75) is 13.3 Å². The van der Waals surface area contributed by atoms with Crippen LogP contribution in [0.2, 0.25) is 0 Å². The standard InChI is InChI=1S/C8H9N3O3/c1-2-6(12)11-8-9-4-3-5(10-8)7(13)14/h3-4H,2H2,1H3,(H,13,14)(H,9,10,11,12). The second-order valence-corrected chi connectivity index (χ2v) is 2.47. The highest BCUT2D eigenvalue weighted by Gasteiger charge is 2.07. The summed E-state index contributed by atoms with van der Waals surface area (Å²) in [5.74, 6) is -1.40. The summed E-state index contributed by atoms with van der Waals surface area (Å²) in [6.07, 6.45) is 1.57. The van der Waals surface area contributed by atoms with Crippen molar-refractivity contribution in [2.24, 2.45) is 0 Å². The van der Waals surface area contributed by atoms with Crippen molar-refractivity contribution in [3.05, 3.63) is 18.0 Å². The van der Waals surface area contributed by atoms with Crippen molar-refractivity contribution in [3.63, 3.8) is 0 Å². The monoisotopic (exact) mass is 195 g/mol. The van der Waals surface area contributed by atoms with Crippen molar-refractivity contribution < 1.29 is 14.7 Å². The molecule has 0 aliphatic rings. The molecule has 0 aliphatic heterocycles. The van der Waals surface area contributed by atoms with Gasteiger partial charge in [-0.15, -0.1) is 0 Å². The van der Waals surface area contributed by atoms with Crippen LogP contribution < -0.4 is 5.32 Å². The molecule has 0 aliphatic carbocycles. The van der Waals surface area contributed by atoms with Gasteiger partial charge in [-0.05, 0) is 6.07 Å². The molecule has 0 unspecified atom stereocenters. The van der Waals surface area contributed by atoms with Gasteiger partial charge in [0, 0.05) is 12.6 Å². The minimum atomic E-state index is -1.15. The lowest BCUT2D eigenvalue weighted by Crippen LogP contribution is -2.13. The lowest BCUT2D eigenvalue weighted by molar-refractivity contribution is -0.115. The average Bonchev–Trinajstić information content (AvgIpc) is 2.18. The second-order valence-electron chi connectivity index (χ2n) is 2.47. The Kier molecular flexibility index (Phi) is 3.11. The first-order valence-corrected chi connectivity index (χ1v) is 3.99. The molecule has 0 saturated carbocycles. The fourth-order valence-electron chi connectivity index (χ4n) is 0.751. The fourth-order valence-corrected chi connectivity index (χ4v) is 0.751. The molecule has 0 saturated heterocycles. The van der Waals surface area contributed by atoms with Gasteiger partial charge in [-0.3, -0.25) is 10.1 Å². The van der Waals surface area contributed by atoms with Crippen LogP contribution in [-0.4, -0.2) is 27.0 Å². The van der Waals surface area contributed by atoms with Gasteiger partial charge in [-0.1, -0.05) is 6.92 Å². The zero-order valence-electron chi connectivity index (χ0n) is 7.52. The normalized spacial score (nSPS) is 9.50. The van der Waals surface area contributed by atoms with Gasteiger partial charge in [0.25, 0.3) is 0 Å². The Hall–Kier alpha value is -1.98. The average molecular weight is 195 g/mol. The van der Waals surface area contributed by atoms with Crippen molar-refractivity contribution in [3.8, 4) is 0 Å².